The molecule has 1 fully saturated rings. The number of methoxy groups -OCH3 is 2. The van der Waals surface area contributed by atoms with Gasteiger partial charge in [0.25, 0.3) is 11.6 Å². The van der Waals surface area contributed by atoms with E-state index in [1.807, 2.05) is 4.90 Å². The van der Waals surface area contributed by atoms with Crippen molar-refractivity contribution in [2.24, 2.45) is 0 Å². The third kappa shape index (κ3) is 3.94. The summed E-state index contributed by atoms with van der Waals surface area (Å²) in [5, 5.41) is 14.2. The van der Waals surface area contributed by atoms with Gasteiger partial charge in [-0.25, -0.2) is 0 Å². The van der Waals surface area contributed by atoms with Gasteiger partial charge < -0.3 is 19.7 Å². The molecule has 0 spiro atoms. The highest BCUT2D eigenvalue weighted by molar-refractivity contribution is 6.05. The van der Waals surface area contributed by atoms with E-state index in [0.29, 0.717) is 22.9 Å². The summed E-state index contributed by atoms with van der Waals surface area (Å²) < 4.78 is 10.4. The summed E-state index contributed by atoms with van der Waals surface area (Å²) in [5.74, 6) is 0.588. The largest absolute Gasteiger partial charge is 0.493 e. The number of carbonyl (C=O) groups is 1. The summed E-state index contributed by atoms with van der Waals surface area (Å²) in [6, 6.07) is 9.55. The summed E-state index contributed by atoms with van der Waals surface area (Å²) in [6.45, 7) is 1.58. The molecule has 8 nitrogen and oxygen atoms in total. The number of benzene rings is 2. The molecule has 1 aliphatic rings. The van der Waals surface area contributed by atoms with Crippen LogP contribution >= 0.6 is 0 Å². The highest BCUT2D eigenvalue weighted by Crippen LogP contribution is 2.33. The van der Waals surface area contributed by atoms with Gasteiger partial charge in [-0.15, -0.1) is 0 Å². The molecule has 0 atom stereocenters. The summed E-state index contributed by atoms with van der Waals surface area (Å²) in [4.78, 5) is 25.6. The Bertz CT molecular complexity index is 862. The van der Waals surface area contributed by atoms with Crippen molar-refractivity contribution >= 4 is 23.0 Å². The fraction of sp³-hybridized carbons (Fsp3) is 0.316. The molecule has 1 aliphatic heterocycles. The van der Waals surface area contributed by atoms with Crippen LogP contribution in [0.1, 0.15) is 23.2 Å². The van der Waals surface area contributed by atoms with Crippen molar-refractivity contribution in [2.75, 3.05) is 37.5 Å². The molecule has 0 aliphatic carbocycles. The quantitative estimate of drug-likeness (QED) is 0.617. The van der Waals surface area contributed by atoms with Gasteiger partial charge in [0, 0.05) is 36.5 Å². The lowest BCUT2D eigenvalue weighted by Gasteiger charge is -2.18. The van der Waals surface area contributed by atoms with Crippen molar-refractivity contribution < 1.29 is 19.2 Å². The normalized spacial score (nSPS) is 13.3. The van der Waals surface area contributed by atoms with E-state index in [0.717, 1.165) is 25.9 Å². The number of rotatable bonds is 6. The second kappa shape index (κ2) is 7.94. The smallest absolute Gasteiger partial charge is 0.293 e. The summed E-state index contributed by atoms with van der Waals surface area (Å²) in [7, 11) is 3.03. The Hall–Kier alpha value is -3.29. The molecule has 0 unspecified atom stereocenters. The molecule has 27 heavy (non-hydrogen) atoms. The number of nitro benzene ring substituents is 1. The minimum Gasteiger partial charge on any atom is -0.493 e. The third-order valence-electron chi connectivity index (χ3n) is 4.52. The van der Waals surface area contributed by atoms with Crippen LogP contribution in [-0.4, -0.2) is 38.1 Å². The van der Waals surface area contributed by atoms with E-state index in [1.165, 1.54) is 20.3 Å². The van der Waals surface area contributed by atoms with E-state index in [1.54, 1.807) is 30.3 Å². The number of amides is 1. The van der Waals surface area contributed by atoms with Crippen molar-refractivity contribution in [3.8, 4) is 11.5 Å². The summed E-state index contributed by atoms with van der Waals surface area (Å²) in [6.07, 6.45) is 2.03. The number of nitrogens with zero attached hydrogens (tertiary/aromatic N) is 2. The van der Waals surface area contributed by atoms with Crippen LogP contribution in [0.15, 0.2) is 36.4 Å². The van der Waals surface area contributed by atoms with Crippen molar-refractivity contribution in [1.82, 2.24) is 0 Å². The van der Waals surface area contributed by atoms with Gasteiger partial charge >= 0.3 is 0 Å². The average Bonchev–Trinajstić information content (AvgIpc) is 3.21. The van der Waals surface area contributed by atoms with Crippen LogP contribution < -0.4 is 19.7 Å². The molecule has 0 bridgehead atoms. The Kier molecular flexibility index (Phi) is 5.44. The van der Waals surface area contributed by atoms with E-state index in [2.05, 4.69) is 5.32 Å². The Labute approximate surface area is 156 Å². The van der Waals surface area contributed by atoms with E-state index < -0.39 is 10.8 Å². The van der Waals surface area contributed by atoms with Crippen LogP contribution in [-0.2, 0) is 0 Å². The van der Waals surface area contributed by atoms with Crippen molar-refractivity contribution in [2.45, 2.75) is 12.8 Å². The number of carbonyl (C=O) groups excluding carboxylic acids is 1. The first-order chi connectivity index (χ1) is 13.0. The Balaban J connectivity index is 1.84. The standard InChI is InChI=1S/C19H21N3O5/c1-26-17-8-6-14(12-18(17)27-2)20-19(23)13-5-7-15(16(11-13)22(24)25)21-9-3-4-10-21/h5-8,11-12H,3-4,9-10H2,1-2H3,(H,20,23). The Morgan fingerprint density at radius 3 is 2.41 bits per heavy atom. The van der Waals surface area contributed by atoms with Gasteiger partial charge in [0.05, 0.1) is 19.1 Å². The highest BCUT2D eigenvalue weighted by atomic mass is 16.6. The molecule has 1 N–H and O–H groups in total. The van der Waals surface area contributed by atoms with Gasteiger partial charge in [0.15, 0.2) is 11.5 Å². The molecule has 0 radical (unpaired) electrons. The van der Waals surface area contributed by atoms with Crippen LogP contribution in [0.5, 0.6) is 11.5 Å². The zero-order valence-electron chi connectivity index (χ0n) is 15.2. The van der Waals surface area contributed by atoms with E-state index in [-0.39, 0.29) is 11.3 Å². The minimum atomic E-state index is -0.444. The lowest BCUT2D eigenvalue weighted by Crippen LogP contribution is -2.19. The Morgan fingerprint density at radius 2 is 1.78 bits per heavy atom. The molecular weight excluding hydrogens is 350 g/mol. The second-order valence-corrected chi connectivity index (χ2v) is 6.18. The number of nitro groups is 1. The fourth-order valence-corrected chi connectivity index (χ4v) is 3.15. The fourth-order valence-electron chi connectivity index (χ4n) is 3.15. The van der Waals surface area contributed by atoms with Gasteiger partial charge in [0.2, 0.25) is 0 Å². The van der Waals surface area contributed by atoms with Gasteiger partial charge in [-0.2, -0.15) is 0 Å². The van der Waals surface area contributed by atoms with E-state index >= 15 is 0 Å². The number of hydrogen-bond acceptors (Lipinski definition) is 6. The third-order valence-corrected chi connectivity index (χ3v) is 4.52. The zero-order chi connectivity index (χ0) is 19.4. The maximum atomic E-state index is 12.6. The van der Waals surface area contributed by atoms with Crippen LogP contribution in [0.4, 0.5) is 17.1 Å². The maximum absolute atomic E-state index is 12.6. The number of hydrogen-bond donors (Lipinski definition) is 1. The summed E-state index contributed by atoms with van der Waals surface area (Å²) >= 11 is 0. The molecule has 1 heterocycles. The van der Waals surface area contributed by atoms with Crippen molar-refractivity contribution in [3.05, 3.63) is 52.1 Å². The van der Waals surface area contributed by atoms with Gasteiger partial charge in [-0.05, 0) is 37.1 Å². The molecule has 3 rings (SSSR count). The van der Waals surface area contributed by atoms with Crippen LogP contribution in [0.3, 0.4) is 0 Å². The molecule has 2 aromatic rings. The van der Waals surface area contributed by atoms with E-state index in [9.17, 15) is 14.9 Å². The molecule has 0 saturated carbocycles. The lowest BCUT2D eigenvalue weighted by molar-refractivity contribution is -0.384. The first-order valence-corrected chi connectivity index (χ1v) is 8.60. The number of anilines is 2. The molecule has 1 saturated heterocycles. The first kappa shape index (κ1) is 18.5. The maximum Gasteiger partial charge on any atom is 0.293 e. The predicted octanol–water partition coefficient (Wildman–Crippen LogP) is 3.46. The van der Waals surface area contributed by atoms with Crippen LogP contribution in [0.25, 0.3) is 0 Å². The molecule has 1 amide bonds. The second-order valence-electron chi connectivity index (χ2n) is 6.18. The predicted molar refractivity (Wildman–Crippen MR) is 102 cm³/mol. The minimum absolute atomic E-state index is 0.0585. The topological polar surface area (TPSA) is 93.9 Å². The van der Waals surface area contributed by atoms with Crippen LogP contribution in [0, 0.1) is 10.1 Å². The summed E-state index contributed by atoms with van der Waals surface area (Å²) in [5.41, 5.74) is 1.22. The van der Waals surface area contributed by atoms with Gasteiger partial charge in [-0.1, -0.05) is 0 Å². The Morgan fingerprint density at radius 1 is 1.07 bits per heavy atom. The molecule has 0 aromatic heterocycles. The highest BCUT2D eigenvalue weighted by Gasteiger charge is 2.24. The van der Waals surface area contributed by atoms with Crippen molar-refractivity contribution in [3.63, 3.8) is 0 Å². The zero-order valence-corrected chi connectivity index (χ0v) is 15.2. The molecule has 2 aromatic carbocycles. The van der Waals surface area contributed by atoms with Crippen molar-refractivity contribution in [1.29, 1.82) is 0 Å². The number of ether oxygens (including phenoxy) is 2. The van der Waals surface area contributed by atoms with Gasteiger partial charge in [-0.3, -0.25) is 14.9 Å². The average molecular weight is 371 g/mol. The monoisotopic (exact) mass is 371 g/mol. The lowest BCUT2D eigenvalue weighted by atomic mass is 10.1. The SMILES string of the molecule is COc1ccc(NC(=O)c2ccc(N3CCCC3)c([N+](=O)[O-])c2)cc1OC. The first-order valence-electron chi connectivity index (χ1n) is 8.60. The number of nitrogens with one attached hydrogen (secondary N) is 1. The van der Waals surface area contributed by atoms with E-state index in [4.69, 9.17) is 9.47 Å². The molecule has 8 heteroatoms. The van der Waals surface area contributed by atoms with Crippen LogP contribution in [0.2, 0.25) is 0 Å². The van der Waals surface area contributed by atoms with Gasteiger partial charge in [0.1, 0.15) is 5.69 Å². The molecular formula is C19H21N3O5. The molecule has 142 valence electrons.